The molecule has 1 amide bonds. The second-order valence-electron chi connectivity index (χ2n) is 4.70. The van der Waals surface area contributed by atoms with Gasteiger partial charge in [0.2, 0.25) is 5.91 Å². The fraction of sp³-hybridized carbons (Fsp3) is 0.438. The fourth-order valence-corrected chi connectivity index (χ4v) is 2.19. The van der Waals surface area contributed by atoms with Crippen LogP contribution in [0.15, 0.2) is 30.3 Å². The average Bonchev–Trinajstić information content (AvgIpc) is 2.52. The molecule has 0 aliphatic heterocycles. The number of nitrogens with one attached hydrogen (secondary N) is 2. The molecule has 0 fully saturated rings. The number of carbonyl (C=O) groups is 2. The third-order valence-electron chi connectivity index (χ3n) is 3.03. The van der Waals surface area contributed by atoms with E-state index in [-0.39, 0.29) is 35.9 Å². The third-order valence-corrected chi connectivity index (χ3v) is 3.25. The van der Waals surface area contributed by atoms with Gasteiger partial charge in [0, 0.05) is 6.42 Å². The van der Waals surface area contributed by atoms with Crippen LogP contribution in [0.4, 0.5) is 0 Å². The lowest BCUT2D eigenvalue weighted by atomic mass is 10.1. The van der Waals surface area contributed by atoms with E-state index in [4.69, 9.17) is 17.0 Å². The average molecular weight is 322 g/mol. The Morgan fingerprint density at radius 3 is 2.45 bits per heavy atom. The number of amides is 1. The molecule has 0 heterocycles. The zero-order chi connectivity index (χ0) is 16.4. The van der Waals surface area contributed by atoms with Crippen LogP contribution in [0.25, 0.3) is 0 Å². The lowest BCUT2D eigenvalue weighted by Gasteiger charge is -2.19. The maximum absolute atomic E-state index is 11.7. The smallest absolute Gasteiger partial charge is 0.306 e. The quantitative estimate of drug-likeness (QED) is 0.596. The number of benzene rings is 1. The summed E-state index contributed by atoms with van der Waals surface area (Å²) in [6.07, 6.45) is 0.948. The molecule has 120 valence electrons. The van der Waals surface area contributed by atoms with Gasteiger partial charge in [-0.05, 0) is 31.1 Å². The van der Waals surface area contributed by atoms with E-state index in [1.54, 1.807) is 6.92 Å². The predicted octanol–water partition coefficient (Wildman–Crippen LogP) is 2.47. The Kier molecular flexibility index (Phi) is 8.14. The van der Waals surface area contributed by atoms with E-state index in [0.29, 0.717) is 6.61 Å². The molecule has 5 nitrogen and oxygen atoms in total. The highest BCUT2D eigenvalue weighted by atomic mass is 32.1. The first kappa shape index (κ1) is 18.1. The molecule has 0 spiro atoms. The number of ether oxygens (including phenoxy) is 1. The van der Waals surface area contributed by atoms with Gasteiger partial charge in [-0.25, -0.2) is 0 Å². The van der Waals surface area contributed by atoms with Gasteiger partial charge < -0.3 is 15.4 Å². The van der Waals surface area contributed by atoms with Crippen molar-refractivity contribution >= 4 is 29.2 Å². The lowest BCUT2D eigenvalue weighted by molar-refractivity contribution is -0.144. The predicted molar refractivity (Wildman–Crippen MR) is 89.2 cm³/mol. The molecule has 1 aromatic rings. The molecule has 1 aromatic carbocycles. The van der Waals surface area contributed by atoms with E-state index in [1.807, 2.05) is 37.3 Å². The molecule has 22 heavy (non-hydrogen) atoms. The van der Waals surface area contributed by atoms with Gasteiger partial charge in [-0.15, -0.1) is 0 Å². The van der Waals surface area contributed by atoms with E-state index in [0.717, 1.165) is 12.0 Å². The molecule has 0 saturated carbocycles. The van der Waals surface area contributed by atoms with E-state index >= 15 is 0 Å². The Labute approximate surface area is 136 Å². The Balaban J connectivity index is 2.41. The zero-order valence-corrected chi connectivity index (χ0v) is 13.7. The molecule has 0 aromatic heterocycles. The van der Waals surface area contributed by atoms with Gasteiger partial charge >= 0.3 is 5.97 Å². The van der Waals surface area contributed by atoms with Crippen molar-refractivity contribution in [2.45, 2.75) is 39.2 Å². The molecular weight excluding hydrogens is 300 g/mol. The number of carbonyl (C=O) groups excluding carboxylic acids is 2. The Morgan fingerprint density at radius 1 is 1.18 bits per heavy atom. The number of thiocarbonyl (C=S) groups is 1. The Bertz CT molecular complexity index is 505. The van der Waals surface area contributed by atoms with Gasteiger partial charge in [0.05, 0.1) is 19.1 Å². The van der Waals surface area contributed by atoms with E-state index in [2.05, 4.69) is 10.6 Å². The van der Waals surface area contributed by atoms with Gasteiger partial charge in [0.1, 0.15) is 0 Å². The minimum Gasteiger partial charge on any atom is -0.466 e. The SMILES string of the molecule is CCOC(=O)CCC(=O)NC(=S)NC(CC)c1ccccc1. The van der Waals surface area contributed by atoms with Crippen LogP contribution in [-0.4, -0.2) is 23.6 Å². The minimum absolute atomic E-state index is 0.0408. The molecule has 2 N–H and O–H groups in total. The summed E-state index contributed by atoms with van der Waals surface area (Å²) in [5.74, 6) is -0.680. The van der Waals surface area contributed by atoms with Crippen LogP contribution in [-0.2, 0) is 14.3 Å². The molecule has 0 bridgehead atoms. The third kappa shape index (κ3) is 6.67. The van der Waals surface area contributed by atoms with Crippen LogP contribution in [0.2, 0.25) is 0 Å². The largest absolute Gasteiger partial charge is 0.466 e. The zero-order valence-electron chi connectivity index (χ0n) is 12.9. The molecule has 0 aliphatic rings. The molecule has 0 aliphatic carbocycles. The van der Waals surface area contributed by atoms with Gasteiger partial charge in [-0.3, -0.25) is 9.59 Å². The summed E-state index contributed by atoms with van der Waals surface area (Å²) in [5, 5.41) is 5.96. The fourth-order valence-electron chi connectivity index (χ4n) is 1.94. The molecule has 1 rings (SSSR count). The van der Waals surface area contributed by atoms with Crippen molar-refractivity contribution in [2.24, 2.45) is 0 Å². The van der Waals surface area contributed by atoms with Crippen LogP contribution in [0, 0.1) is 0 Å². The van der Waals surface area contributed by atoms with Crippen LogP contribution < -0.4 is 10.6 Å². The van der Waals surface area contributed by atoms with Crippen LogP contribution in [0.3, 0.4) is 0 Å². The van der Waals surface area contributed by atoms with Crippen molar-refractivity contribution < 1.29 is 14.3 Å². The summed E-state index contributed by atoms with van der Waals surface area (Å²) in [6.45, 7) is 4.08. The highest BCUT2D eigenvalue weighted by Crippen LogP contribution is 2.15. The Morgan fingerprint density at radius 2 is 1.86 bits per heavy atom. The summed E-state index contributed by atoms with van der Waals surface area (Å²) in [6, 6.07) is 9.92. The van der Waals surface area contributed by atoms with Gasteiger partial charge in [0.15, 0.2) is 5.11 Å². The van der Waals surface area contributed by atoms with Crippen LogP contribution in [0.5, 0.6) is 0 Å². The molecule has 6 heteroatoms. The van der Waals surface area contributed by atoms with Gasteiger partial charge in [-0.1, -0.05) is 37.3 Å². The topological polar surface area (TPSA) is 67.4 Å². The minimum atomic E-state index is -0.382. The first-order chi connectivity index (χ1) is 10.6. The maximum Gasteiger partial charge on any atom is 0.306 e. The molecular formula is C16H22N2O3S. The van der Waals surface area contributed by atoms with E-state index in [1.165, 1.54) is 0 Å². The maximum atomic E-state index is 11.7. The normalized spacial score (nSPS) is 11.4. The molecule has 1 unspecified atom stereocenters. The summed E-state index contributed by atoms with van der Waals surface area (Å²) < 4.78 is 4.77. The van der Waals surface area contributed by atoms with E-state index < -0.39 is 0 Å². The summed E-state index contributed by atoms with van der Waals surface area (Å²) >= 11 is 5.14. The highest BCUT2D eigenvalue weighted by Gasteiger charge is 2.13. The number of hydrogen-bond acceptors (Lipinski definition) is 4. The molecule has 0 saturated heterocycles. The van der Waals surface area contributed by atoms with Gasteiger partial charge in [-0.2, -0.15) is 0 Å². The van der Waals surface area contributed by atoms with Crippen molar-refractivity contribution in [3.8, 4) is 0 Å². The van der Waals surface area contributed by atoms with Crippen LogP contribution >= 0.6 is 12.2 Å². The van der Waals surface area contributed by atoms with Gasteiger partial charge in [0.25, 0.3) is 0 Å². The molecule has 1 atom stereocenters. The molecule has 0 radical (unpaired) electrons. The van der Waals surface area contributed by atoms with Crippen molar-refractivity contribution in [3.63, 3.8) is 0 Å². The van der Waals surface area contributed by atoms with Crippen molar-refractivity contribution in [2.75, 3.05) is 6.61 Å². The van der Waals surface area contributed by atoms with Crippen molar-refractivity contribution in [3.05, 3.63) is 35.9 Å². The number of hydrogen-bond donors (Lipinski definition) is 2. The van der Waals surface area contributed by atoms with Crippen molar-refractivity contribution in [1.29, 1.82) is 0 Å². The standard InChI is InChI=1S/C16H22N2O3S/c1-3-13(12-8-6-5-7-9-12)17-16(22)18-14(19)10-11-15(20)21-4-2/h5-9,13H,3-4,10-11H2,1-2H3,(H2,17,18,19,22). The summed E-state index contributed by atoms with van der Waals surface area (Å²) in [4.78, 5) is 22.9. The number of esters is 1. The lowest BCUT2D eigenvalue weighted by Crippen LogP contribution is -2.41. The Hall–Kier alpha value is -1.95. The van der Waals surface area contributed by atoms with Crippen molar-refractivity contribution in [1.82, 2.24) is 10.6 Å². The first-order valence-corrected chi connectivity index (χ1v) is 7.78. The van der Waals surface area contributed by atoms with Crippen LogP contribution in [0.1, 0.15) is 44.7 Å². The highest BCUT2D eigenvalue weighted by molar-refractivity contribution is 7.80. The monoisotopic (exact) mass is 322 g/mol. The summed E-state index contributed by atoms with van der Waals surface area (Å²) in [7, 11) is 0. The second-order valence-corrected chi connectivity index (χ2v) is 5.11. The number of rotatable bonds is 7. The second kappa shape index (κ2) is 9.89. The summed E-state index contributed by atoms with van der Waals surface area (Å²) in [5.41, 5.74) is 1.10. The van der Waals surface area contributed by atoms with E-state index in [9.17, 15) is 9.59 Å². The first-order valence-electron chi connectivity index (χ1n) is 7.37.